The molecular weight excluding hydrogens is 376 g/mol. The van der Waals surface area contributed by atoms with Gasteiger partial charge in [-0.2, -0.15) is 5.10 Å². The number of hydrogen-bond donors (Lipinski definition) is 1. The fourth-order valence-electron chi connectivity index (χ4n) is 4.38. The lowest BCUT2D eigenvalue weighted by Gasteiger charge is -2.19. The van der Waals surface area contributed by atoms with Crippen molar-refractivity contribution < 1.29 is 9.32 Å². The number of carbonyl (C=O) groups is 1. The van der Waals surface area contributed by atoms with Crippen LogP contribution in [0.4, 0.5) is 5.69 Å². The maximum Gasteiger partial charge on any atom is 0.278 e. The molecule has 6 heteroatoms. The van der Waals surface area contributed by atoms with Gasteiger partial charge in [0, 0.05) is 12.0 Å². The number of benzene rings is 1. The normalized spacial score (nSPS) is 16.9. The standard InChI is InChI=1S/C24H30N4O2/c1-6-18-9-12-21-20(13-18)23(27-30-21)24(29)25-22-15(3)26-28(17(22)5)16(4)19-10-7-14(2)8-11-19/h7-8,10-11,16,18H,6,9,12-13H2,1-5H3,(H,25,29). The minimum atomic E-state index is -0.217. The van der Waals surface area contributed by atoms with Crippen molar-refractivity contribution in [1.82, 2.24) is 14.9 Å². The number of rotatable bonds is 5. The molecule has 6 nitrogen and oxygen atoms in total. The Morgan fingerprint density at radius 3 is 2.70 bits per heavy atom. The van der Waals surface area contributed by atoms with E-state index < -0.39 is 0 Å². The first-order valence-electron chi connectivity index (χ1n) is 10.8. The van der Waals surface area contributed by atoms with E-state index >= 15 is 0 Å². The first-order valence-corrected chi connectivity index (χ1v) is 10.8. The predicted molar refractivity (Wildman–Crippen MR) is 117 cm³/mol. The van der Waals surface area contributed by atoms with Gasteiger partial charge >= 0.3 is 0 Å². The molecule has 1 aromatic carbocycles. The summed E-state index contributed by atoms with van der Waals surface area (Å²) in [6, 6.07) is 8.54. The molecule has 0 saturated heterocycles. The monoisotopic (exact) mass is 406 g/mol. The van der Waals surface area contributed by atoms with Crippen molar-refractivity contribution in [2.45, 2.75) is 66.3 Å². The van der Waals surface area contributed by atoms with Gasteiger partial charge in [-0.1, -0.05) is 48.3 Å². The second-order valence-electron chi connectivity index (χ2n) is 8.48. The second kappa shape index (κ2) is 8.09. The number of nitrogens with one attached hydrogen (secondary N) is 1. The van der Waals surface area contributed by atoms with E-state index in [4.69, 9.17) is 9.62 Å². The van der Waals surface area contributed by atoms with Gasteiger partial charge in [0.15, 0.2) is 5.69 Å². The lowest BCUT2D eigenvalue weighted by Crippen LogP contribution is -2.19. The summed E-state index contributed by atoms with van der Waals surface area (Å²) in [6.07, 6.45) is 3.92. The summed E-state index contributed by atoms with van der Waals surface area (Å²) in [4.78, 5) is 13.1. The van der Waals surface area contributed by atoms with Crippen LogP contribution in [0.5, 0.6) is 0 Å². The number of anilines is 1. The Hall–Kier alpha value is -2.89. The minimum absolute atomic E-state index is 0.0695. The van der Waals surface area contributed by atoms with Crippen molar-refractivity contribution in [1.29, 1.82) is 0 Å². The van der Waals surface area contributed by atoms with E-state index in [1.54, 1.807) is 0 Å². The molecule has 158 valence electrons. The highest BCUT2D eigenvalue weighted by molar-refractivity contribution is 6.04. The molecule has 30 heavy (non-hydrogen) atoms. The van der Waals surface area contributed by atoms with Crippen molar-refractivity contribution in [2.75, 3.05) is 5.32 Å². The Bertz CT molecular complexity index is 1060. The number of nitrogens with zero attached hydrogens (tertiary/aromatic N) is 3. The second-order valence-corrected chi connectivity index (χ2v) is 8.48. The summed E-state index contributed by atoms with van der Waals surface area (Å²) in [5, 5.41) is 11.9. The van der Waals surface area contributed by atoms with Gasteiger partial charge in [0.05, 0.1) is 23.1 Å². The van der Waals surface area contributed by atoms with E-state index in [9.17, 15) is 4.79 Å². The topological polar surface area (TPSA) is 73.0 Å². The quantitative estimate of drug-likeness (QED) is 0.634. The smallest absolute Gasteiger partial charge is 0.278 e. The maximum atomic E-state index is 13.1. The third kappa shape index (κ3) is 3.66. The third-order valence-corrected chi connectivity index (χ3v) is 6.42. The summed E-state index contributed by atoms with van der Waals surface area (Å²) in [5.41, 5.74) is 6.27. The molecule has 1 amide bonds. The number of aryl methyl sites for hydroxylation is 3. The first-order chi connectivity index (χ1) is 14.4. The van der Waals surface area contributed by atoms with Crippen LogP contribution in [0.3, 0.4) is 0 Å². The lowest BCUT2D eigenvalue weighted by atomic mass is 9.85. The molecule has 0 fully saturated rings. The van der Waals surface area contributed by atoms with Gasteiger partial charge in [0.2, 0.25) is 0 Å². The lowest BCUT2D eigenvalue weighted by molar-refractivity contribution is 0.101. The van der Waals surface area contributed by atoms with Gasteiger partial charge in [-0.15, -0.1) is 0 Å². The zero-order valence-electron chi connectivity index (χ0n) is 18.5. The molecule has 1 N–H and O–H groups in total. The summed E-state index contributed by atoms with van der Waals surface area (Å²) in [7, 11) is 0. The fourth-order valence-corrected chi connectivity index (χ4v) is 4.38. The van der Waals surface area contributed by atoms with E-state index in [1.165, 1.54) is 11.1 Å². The Balaban J connectivity index is 1.58. The number of amides is 1. The van der Waals surface area contributed by atoms with Crippen LogP contribution in [0.2, 0.25) is 0 Å². The van der Waals surface area contributed by atoms with Gasteiger partial charge in [0.25, 0.3) is 5.91 Å². The van der Waals surface area contributed by atoms with Crippen molar-refractivity contribution in [3.8, 4) is 0 Å². The minimum Gasteiger partial charge on any atom is -0.360 e. The summed E-state index contributed by atoms with van der Waals surface area (Å²) in [5.74, 6) is 1.23. The molecule has 2 aromatic heterocycles. The number of fused-ring (bicyclic) bond motifs is 1. The molecule has 2 atom stereocenters. The summed E-state index contributed by atoms with van der Waals surface area (Å²) in [6.45, 7) is 10.3. The molecule has 3 aromatic rings. The zero-order chi connectivity index (χ0) is 21.4. The molecule has 4 rings (SSSR count). The van der Waals surface area contributed by atoms with Crippen LogP contribution in [0.1, 0.15) is 77.1 Å². The van der Waals surface area contributed by atoms with E-state index in [1.807, 2.05) is 18.5 Å². The molecule has 0 bridgehead atoms. The summed E-state index contributed by atoms with van der Waals surface area (Å²) >= 11 is 0. The first kappa shape index (κ1) is 20.4. The van der Waals surface area contributed by atoms with E-state index in [0.29, 0.717) is 11.6 Å². The van der Waals surface area contributed by atoms with Gasteiger partial charge in [-0.3, -0.25) is 9.48 Å². The average molecular weight is 407 g/mol. The predicted octanol–water partition coefficient (Wildman–Crippen LogP) is 5.17. The van der Waals surface area contributed by atoms with Gasteiger partial charge in [-0.25, -0.2) is 0 Å². The highest BCUT2D eigenvalue weighted by atomic mass is 16.5. The van der Waals surface area contributed by atoms with Gasteiger partial charge in [-0.05, 0) is 52.0 Å². The molecule has 0 aliphatic heterocycles. The summed E-state index contributed by atoms with van der Waals surface area (Å²) < 4.78 is 7.45. The third-order valence-electron chi connectivity index (χ3n) is 6.42. The van der Waals surface area contributed by atoms with E-state index in [2.05, 4.69) is 55.5 Å². The van der Waals surface area contributed by atoms with Gasteiger partial charge < -0.3 is 9.84 Å². The van der Waals surface area contributed by atoms with Gasteiger partial charge in [0.1, 0.15) is 5.76 Å². The molecule has 2 heterocycles. The van der Waals surface area contributed by atoms with Crippen LogP contribution in [0.15, 0.2) is 28.8 Å². The van der Waals surface area contributed by atoms with Crippen LogP contribution in [0.25, 0.3) is 0 Å². The Morgan fingerprint density at radius 2 is 2.00 bits per heavy atom. The van der Waals surface area contributed by atoms with Crippen molar-refractivity contribution >= 4 is 11.6 Å². The van der Waals surface area contributed by atoms with Crippen molar-refractivity contribution in [3.63, 3.8) is 0 Å². The maximum absolute atomic E-state index is 13.1. The number of aromatic nitrogens is 3. The highest BCUT2D eigenvalue weighted by Gasteiger charge is 2.29. The van der Waals surface area contributed by atoms with Crippen LogP contribution in [0, 0.1) is 26.7 Å². The van der Waals surface area contributed by atoms with Crippen LogP contribution in [-0.2, 0) is 12.8 Å². The SMILES string of the molecule is CCC1CCc2onc(C(=O)Nc3c(C)nn(C(C)c4ccc(C)cc4)c3C)c2C1. The molecule has 1 aliphatic rings. The molecule has 2 unspecified atom stereocenters. The Kier molecular flexibility index (Phi) is 5.50. The van der Waals surface area contributed by atoms with Crippen molar-refractivity contribution in [3.05, 3.63) is 63.8 Å². The Morgan fingerprint density at radius 1 is 1.27 bits per heavy atom. The highest BCUT2D eigenvalue weighted by Crippen LogP contribution is 2.31. The Labute approximate surface area is 177 Å². The number of hydrogen-bond acceptors (Lipinski definition) is 4. The zero-order valence-corrected chi connectivity index (χ0v) is 18.5. The fraction of sp³-hybridized carbons (Fsp3) is 0.458. The molecule has 0 radical (unpaired) electrons. The molecule has 0 spiro atoms. The van der Waals surface area contributed by atoms with Crippen LogP contribution >= 0.6 is 0 Å². The van der Waals surface area contributed by atoms with Crippen LogP contribution < -0.4 is 5.32 Å². The van der Waals surface area contributed by atoms with Crippen LogP contribution in [-0.4, -0.2) is 20.8 Å². The average Bonchev–Trinajstić information content (AvgIpc) is 3.29. The number of carbonyl (C=O) groups excluding carboxylic acids is 1. The molecule has 1 aliphatic carbocycles. The van der Waals surface area contributed by atoms with E-state index in [0.717, 1.165) is 54.1 Å². The van der Waals surface area contributed by atoms with Crippen molar-refractivity contribution in [2.24, 2.45) is 5.92 Å². The molecular formula is C24H30N4O2. The molecule has 0 saturated carbocycles. The largest absolute Gasteiger partial charge is 0.360 e. The van der Waals surface area contributed by atoms with E-state index in [-0.39, 0.29) is 11.9 Å².